The molecule has 0 bridgehead atoms. The highest BCUT2D eigenvalue weighted by molar-refractivity contribution is 5.49. The molecular formula is C27H34N2O3. The van der Waals surface area contributed by atoms with E-state index in [1.807, 2.05) is 0 Å². The molecule has 32 heavy (non-hydrogen) atoms. The van der Waals surface area contributed by atoms with Gasteiger partial charge in [-0.15, -0.1) is 0 Å². The van der Waals surface area contributed by atoms with E-state index in [4.69, 9.17) is 19.9 Å². The summed E-state index contributed by atoms with van der Waals surface area (Å²) in [5.74, 6) is 0. The third kappa shape index (κ3) is 6.73. The first-order chi connectivity index (χ1) is 15.9. The van der Waals surface area contributed by atoms with Gasteiger partial charge in [-0.25, -0.2) is 0 Å². The van der Waals surface area contributed by atoms with E-state index in [9.17, 15) is 0 Å². The zero-order valence-corrected chi connectivity index (χ0v) is 18.6. The van der Waals surface area contributed by atoms with Crippen molar-refractivity contribution in [3.63, 3.8) is 0 Å². The minimum atomic E-state index is -0.468. The van der Waals surface area contributed by atoms with Crippen molar-refractivity contribution in [1.29, 1.82) is 0 Å². The van der Waals surface area contributed by atoms with Crippen molar-refractivity contribution in [3.05, 3.63) is 108 Å². The predicted molar refractivity (Wildman–Crippen MR) is 129 cm³/mol. The molecule has 3 rings (SSSR count). The first-order valence-electron chi connectivity index (χ1n) is 11.2. The zero-order chi connectivity index (χ0) is 22.3. The Kier molecular flexibility index (Phi) is 10.4. The number of nitrogens with one attached hydrogen (secondary N) is 1. The number of rotatable bonds is 15. The van der Waals surface area contributed by atoms with Crippen molar-refractivity contribution >= 4 is 0 Å². The summed E-state index contributed by atoms with van der Waals surface area (Å²) in [7, 11) is 0. The van der Waals surface area contributed by atoms with Crippen LogP contribution in [-0.4, -0.2) is 52.7 Å². The number of nitrogens with two attached hydrogens (primary N) is 1. The smallest absolute Gasteiger partial charge is 0.0948 e. The molecule has 0 aromatic heterocycles. The van der Waals surface area contributed by atoms with Gasteiger partial charge in [0.05, 0.1) is 45.2 Å². The maximum atomic E-state index is 5.82. The Labute approximate surface area is 191 Å². The summed E-state index contributed by atoms with van der Waals surface area (Å²) in [6.45, 7) is 4.59. The molecular weight excluding hydrogens is 400 g/mol. The molecule has 0 fully saturated rings. The summed E-state index contributed by atoms with van der Waals surface area (Å²) in [5, 5.41) is 3.81. The number of ether oxygens (including phenoxy) is 3. The van der Waals surface area contributed by atoms with E-state index in [1.54, 1.807) is 0 Å². The Balaban J connectivity index is 1.64. The van der Waals surface area contributed by atoms with E-state index in [1.165, 1.54) is 16.7 Å². The Morgan fingerprint density at radius 3 is 1.31 bits per heavy atom. The highest BCUT2D eigenvalue weighted by Crippen LogP contribution is 2.36. The van der Waals surface area contributed by atoms with Crippen LogP contribution in [0.3, 0.4) is 0 Å². The standard InChI is InChI=1S/C27H34N2O3/c28-16-18-30-20-22-32-23-21-31-19-17-29-27(24-10-4-1-5-11-24,25-12-6-2-7-13-25)26-14-8-3-9-15-26/h1-15,29H,16-23,28H2. The fraction of sp³-hybridized carbons (Fsp3) is 0.333. The third-order valence-corrected chi connectivity index (χ3v) is 5.26. The second-order valence-electron chi connectivity index (χ2n) is 7.40. The van der Waals surface area contributed by atoms with Crippen molar-refractivity contribution in [2.45, 2.75) is 5.54 Å². The van der Waals surface area contributed by atoms with E-state index in [2.05, 4.69) is 96.3 Å². The van der Waals surface area contributed by atoms with E-state index in [0.29, 0.717) is 52.7 Å². The molecule has 170 valence electrons. The molecule has 3 N–H and O–H groups in total. The zero-order valence-electron chi connectivity index (χ0n) is 18.6. The predicted octanol–water partition coefficient (Wildman–Crippen LogP) is 3.58. The first kappa shape index (κ1) is 24.1. The lowest BCUT2D eigenvalue weighted by Gasteiger charge is -2.37. The normalized spacial score (nSPS) is 11.5. The van der Waals surface area contributed by atoms with Gasteiger partial charge in [0.1, 0.15) is 0 Å². The first-order valence-corrected chi connectivity index (χ1v) is 11.2. The van der Waals surface area contributed by atoms with Crippen molar-refractivity contribution in [3.8, 4) is 0 Å². The Bertz CT molecular complexity index is 763. The molecule has 0 spiro atoms. The van der Waals surface area contributed by atoms with Gasteiger partial charge in [-0.2, -0.15) is 0 Å². The minimum absolute atomic E-state index is 0.468. The van der Waals surface area contributed by atoms with E-state index >= 15 is 0 Å². The number of hydrogen-bond donors (Lipinski definition) is 2. The van der Waals surface area contributed by atoms with Crippen LogP contribution in [0.1, 0.15) is 16.7 Å². The van der Waals surface area contributed by atoms with Crippen LogP contribution >= 0.6 is 0 Å². The molecule has 0 saturated heterocycles. The van der Waals surface area contributed by atoms with Gasteiger partial charge >= 0.3 is 0 Å². The second-order valence-corrected chi connectivity index (χ2v) is 7.40. The van der Waals surface area contributed by atoms with Crippen LogP contribution < -0.4 is 11.1 Å². The topological polar surface area (TPSA) is 65.7 Å². The summed E-state index contributed by atoms with van der Waals surface area (Å²) in [6, 6.07) is 31.7. The van der Waals surface area contributed by atoms with Gasteiger partial charge in [-0.3, -0.25) is 5.32 Å². The lowest BCUT2D eigenvalue weighted by molar-refractivity contribution is 0.0161. The summed E-state index contributed by atoms with van der Waals surface area (Å²) >= 11 is 0. The summed E-state index contributed by atoms with van der Waals surface area (Å²) in [4.78, 5) is 0. The molecule has 0 aliphatic carbocycles. The maximum Gasteiger partial charge on any atom is 0.0948 e. The van der Waals surface area contributed by atoms with Gasteiger partial charge in [0.25, 0.3) is 0 Å². The highest BCUT2D eigenvalue weighted by Gasteiger charge is 2.35. The van der Waals surface area contributed by atoms with Gasteiger partial charge in [-0.1, -0.05) is 91.0 Å². The lowest BCUT2D eigenvalue weighted by Crippen LogP contribution is -2.46. The molecule has 0 unspecified atom stereocenters. The highest BCUT2D eigenvalue weighted by atomic mass is 16.5. The fourth-order valence-corrected chi connectivity index (χ4v) is 3.81. The quantitative estimate of drug-likeness (QED) is 0.283. The molecule has 5 nitrogen and oxygen atoms in total. The van der Waals surface area contributed by atoms with Crippen LogP contribution in [0.5, 0.6) is 0 Å². The van der Waals surface area contributed by atoms with Gasteiger partial charge in [-0.05, 0) is 16.7 Å². The van der Waals surface area contributed by atoms with Crippen LogP contribution in [0.25, 0.3) is 0 Å². The van der Waals surface area contributed by atoms with Crippen LogP contribution in [0.4, 0.5) is 0 Å². The van der Waals surface area contributed by atoms with Crippen LogP contribution in [0.15, 0.2) is 91.0 Å². The average molecular weight is 435 g/mol. The van der Waals surface area contributed by atoms with Crippen molar-refractivity contribution in [1.82, 2.24) is 5.32 Å². The van der Waals surface area contributed by atoms with E-state index in [-0.39, 0.29) is 0 Å². The molecule has 5 heteroatoms. The van der Waals surface area contributed by atoms with Crippen molar-refractivity contribution in [2.24, 2.45) is 5.73 Å². The van der Waals surface area contributed by atoms with Gasteiger partial charge in [0, 0.05) is 13.1 Å². The largest absolute Gasteiger partial charge is 0.378 e. The molecule has 0 atom stereocenters. The van der Waals surface area contributed by atoms with Crippen molar-refractivity contribution in [2.75, 3.05) is 52.7 Å². The molecule has 3 aromatic rings. The molecule has 0 saturated carbocycles. The summed E-state index contributed by atoms with van der Waals surface area (Å²) < 4.78 is 16.6. The van der Waals surface area contributed by atoms with Gasteiger partial charge in [0.15, 0.2) is 0 Å². The van der Waals surface area contributed by atoms with Crippen LogP contribution in [-0.2, 0) is 19.7 Å². The molecule has 3 aromatic carbocycles. The second kappa shape index (κ2) is 13.8. The van der Waals surface area contributed by atoms with Gasteiger partial charge in [0.2, 0.25) is 0 Å². The van der Waals surface area contributed by atoms with Gasteiger partial charge < -0.3 is 19.9 Å². The summed E-state index contributed by atoms with van der Waals surface area (Å²) in [6.07, 6.45) is 0. The SMILES string of the molecule is NCCOCCOCCOCCNC(c1ccccc1)(c1ccccc1)c1ccccc1. The molecule has 0 aliphatic rings. The summed E-state index contributed by atoms with van der Waals surface area (Å²) in [5.41, 5.74) is 8.50. The number of hydrogen-bond acceptors (Lipinski definition) is 5. The Morgan fingerprint density at radius 1 is 0.531 bits per heavy atom. The molecule has 0 amide bonds. The third-order valence-electron chi connectivity index (χ3n) is 5.26. The Morgan fingerprint density at radius 2 is 0.906 bits per heavy atom. The maximum absolute atomic E-state index is 5.82. The van der Waals surface area contributed by atoms with Crippen molar-refractivity contribution < 1.29 is 14.2 Å². The monoisotopic (exact) mass is 434 g/mol. The number of benzene rings is 3. The van der Waals surface area contributed by atoms with Crippen LogP contribution in [0, 0.1) is 0 Å². The van der Waals surface area contributed by atoms with E-state index < -0.39 is 5.54 Å². The average Bonchev–Trinajstić information content (AvgIpc) is 2.87. The minimum Gasteiger partial charge on any atom is -0.378 e. The molecule has 0 heterocycles. The van der Waals surface area contributed by atoms with Crippen LogP contribution in [0.2, 0.25) is 0 Å². The molecule has 0 aliphatic heterocycles. The lowest BCUT2D eigenvalue weighted by atomic mass is 9.77. The molecule has 0 radical (unpaired) electrons. The Hall–Kier alpha value is -2.54. The fourth-order valence-electron chi connectivity index (χ4n) is 3.81. The van der Waals surface area contributed by atoms with E-state index in [0.717, 1.165) is 0 Å².